The summed E-state index contributed by atoms with van der Waals surface area (Å²) in [7, 11) is -3.29. The van der Waals surface area contributed by atoms with Crippen molar-refractivity contribution in [2.24, 2.45) is 0 Å². The Balaban J connectivity index is 2.24. The van der Waals surface area contributed by atoms with Crippen molar-refractivity contribution in [3.05, 3.63) is 47.5 Å². The summed E-state index contributed by atoms with van der Waals surface area (Å²) in [5.74, 6) is -0.297. The van der Waals surface area contributed by atoms with E-state index in [1.165, 1.54) is 36.4 Å². The summed E-state index contributed by atoms with van der Waals surface area (Å²) >= 11 is 5.92. The van der Waals surface area contributed by atoms with Gasteiger partial charge in [0.25, 0.3) is 0 Å². The second-order valence-corrected chi connectivity index (χ2v) is 7.47. The average Bonchev–Trinajstić information content (AvgIpc) is 2.54. The van der Waals surface area contributed by atoms with E-state index in [9.17, 15) is 13.2 Å². The average molecular weight is 371 g/mol. The number of carboxylic acid groups (broad SMARTS) is 1. The van der Waals surface area contributed by atoms with Gasteiger partial charge in [0.2, 0.25) is 0 Å². The molecule has 6 nitrogen and oxygen atoms in total. The number of ether oxygens (including phenoxy) is 2. The van der Waals surface area contributed by atoms with Crippen LogP contribution in [0.25, 0.3) is 0 Å². The van der Waals surface area contributed by atoms with Crippen LogP contribution in [0.1, 0.15) is 6.92 Å². The highest BCUT2D eigenvalue weighted by Gasteiger charge is 2.13. The molecule has 0 saturated heterocycles. The summed E-state index contributed by atoms with van der Waals surface area (Å²) in [5.41, 5.74) is 0. The van der Waals surface area contributed by atoms with Gasteiger partial charge in [-0.2, -0.15) is 0 Å². The Labute approximate surface area is 144 Å². The van der Waals surface area contributed by atoms with Gasteiger partial charge in [0.05, 0.1) is 10.6 Å². The molecule has 0 saturated carbocycles. The predicted octanol–water partition coefficient (Wildman–Crippen LogP) is 3.39. The highest BCUT2D eigenvalue weighted by atomic mass is 35.5. The van der Waals surface area contributed by atoms with Gasteiger partial charge in [0, 0.05) is 11.1 Å². The third kappa shape index (κ3) is 4.62. The van der Waals surface area contributed by atoms with Crippen LogP contribution in [-0.4, -0.2) is 31.9 Å². The van der Waals surface area contributed by atoms with E-state index in [0.29, 0.717) is 10.8 Å². The first-order valence-electron chi connectivity index (χ1n) is 6.96. The molecular weight excluding hydrogens is 356 g/mol. The van der Waals surface area contributed by atoms with Gasteiger partial charge in [0.15, 0.2) is 27.9 Å². The van der Waals surface area contributed by atoms with Crippen LogP contribution in [0.5, 0.6) is 17.2 Å². The lowest BCUT2D eigenvalue weighted by atomic mass is 10.3. The van der Waals surface area contributed by atoms with E-state index >= 15 is 0 Å². The Hall–Kier alpha value is -2.25. The Morgan fingerprint density at radius 2 is 1.79 bits per heavy atom. The Kier molecular flexibility index (Phi) is 5.69. The van der Waals surface area contributed by atoms with Gasteiger partial charge in [-0.25, -0.2) is 13.2 Å². The van der Waals surface area contributed by atoms with Crippen molar-refractivity contribution in [2.75, 3.05) is 12.4 Å². The Morgan fingerprint density at radius 1 is 1.12 bits per heavy atom. The maximum atomic E-state index is 11.8. The molecule has 0 aliphatic heterocycles. The lowest BCUT2D eigenvalue weighted by Crippen LogP contribution is -2.09. The predicted molar refractivity (Wildman–Crippen MR) is 88.8 cm³/mol. The van der Waals surface area contributed by atoms with Crippen LogP contribution in [0, 0.1) is 0 Å². The van der Waals surface area contributed by atoms with E-state index in [1.807, 2.05) is 0 Å². The summed E-state index contributed by atoms with van der Waals surface area (Å²) in [6, 6.07) is 10.4. The normalized spacial score (nSPS) is 11.1. The summed E-state index contributed by atoms with van der Waals surface area (Å²) in [5, 5.41) is 9.08. The zero-order chi connectivity index (χ0) is 17.7. The number of hydrogen-bond acceptors (Lipinski definition) is 5. The number of rotatable bonds is 7. The number of sulfone groups is 1. The molecule has 0 spiro atoms. The number of hydrogen-bond donors (Lipinski definition) is 1. The van der Waals surface area contributed by atoms with Crippen LogP contribution in [0.4, 0.5) is 0 Å². The molecule has 1 N–H and O–H groups in total. The SMILES string of the molecule is CCS(=O)(=O)c1ccc(Oc2cc(Cl)ccc2OCC(=O)O)cc1. The number of carbonyl (C=O) groups is 1. The fourth-order valence-electron chi connectivity index (χ4n) is 1.83. The molecule has 0 aromatic heterocycles. The molecule has 0 atom stereocenters. The Morgan fingerprint density at radius 3 is 2.38 bits per heavy atom. The topological polar surface area (TPSA) is 89.9 Å². The van der Waals surface area contributed by atoms with Crippen molar-refractivity contribution in [1.82, 2.24) is 0 Å². The van der Waals surface area contributed by atoms with Crippen LogP contribution in [0.15, 0.2) is 47.4 Å². The quantitative estimate of drug-likeness (QED) is 0.803. The van der Waals surface area contributed by atoms with E-state index in [1.54, 1.807) is 13.0 Å². The molecule has 0 aliphatic rings. The van der Waals surface area contributed by atoms with Crippen molar-refractivity contribution < 1.29 is 27.8 Å². The molecule has 8 heteroatoms. The number of halogens is 1. The molecule has 0 unspecified atom stereocenters. The zero-order valence-electron chi connectivity index (χ0n) is 12.7. The first-order chi connectivity index (χ1) is 11.3. The highest BCUT2D eigenvalue weighted by Crippen LogP contribution is 2.34. The van der Waals surface area contributed by atoms with E-state index < -0.39 is 22.4 Å². The van der Waals surface area contributed by atoms with Gasteiger partial charge in [-0.3, -0.25) is 0 Å². The van der Waals surface area contributed by atoms with Gasteiger partial charge in [-0.1, -0.05) is 18.5 Å². The number of carboxylic acids is 1. The molecular formula is C16H15ClO6S. The van der Waals surface area contributed by atoms with Gasteiger partial charge < -0.3 is 14.6 Å². The highest BCUT2D eigenvalue weighted by molar-refractivity contribution is 7.91. The van der Waals surface area contributed by atoms with E-state index in [0.717, 1.165) is 0 Å². The summed E-state index contributed by atoms with van der Waals surface area (Å²) in [4.78, 5) is 10.8. The molecule has 0 fully saturated rings. The van der Waals surface area contributed by atoms with Crippen molar-refractivity contribution in [1.29, 1.82) is 0 Å². The molecule has 0 radical (unpaired) electrons. The molecule has 0 amide bonds. The second-order valence-electron chi connectivity index (χ2n) is 4.75. The maximum absolute atomic E-state index is 11.8. The van der Waals surface area contributed by atoms with Crippen LogP contribution in [-0.2, 0) is 14.6 Å². The molecule has 2 aromatic rings. The number of aliphatic carboxylic acids is 1. The number of benzene rings is 2. The molecule has 24 heavy (non-hydrogen) atoms. The smallest absolute Gasteiger partial charge is 0.341 e. The minimum absolute atomic E-state index is 0.00860. The lowest BCUT2D eigenvalue weighted by molar-refractivity contribution is -0.139. The lowest BCUT2D eigenvalue weighted by Gasteiger charge is -2.12. The summed E-state index contributed by atoms with van der Waals surface area (Å²) in [6.07, 6.45) is 0. The molecule has 0 heterocycles. The van der Waals surface area contributed by atoms with Gasteiger partial charge in [-0.05, 0) is 36.4 Å². The van der Waals surface area contributed by atoms with Crippen LogP contribution in [0.3, 0.4) is 0 Å². The molecule has 0 aliphatic carbocycles. The molecule has 128 valence electrons. The van der Waals surface area contributed by atoms with Crippen molar-refractivity contribution >= 4 is 27.4 Å². The zero-order valence-corrected chi connectivity index (χ0v) is 14.3. The van der Waals surface area contributed by atoms with Crippen molar-refractivity contribution in [3.63, 3.8) is 0 Å². The maximum Gasteiger partial charge on any atom is 0.341 e. The first kappa shape index (κ1) is 18.1. The van der Waals surface area contributed by atoms with Crippen LogP contribution >= 0.6 is 11.6 Å². The van der Waals surface area contributed by atoms with Crippen molar-refractivity contribution in [2.45, 2.75) is 11.8 Å². The molecule has 2 rings (SSSR count). The monoisotopic (exact) mass is 370 g/mol. The third-order valence-corrected chi connectivity index (χ3v) is 5.03. The standard InChI is InChI=1S/C16H15ClO6S/c1-2-24(20,21)13-6-4-12(5-7-13)23-15-9-11(17)3-8-14(15)22-10-16(18)19/h3-9H,2,10H2,1H3,(H,18,19). The third-order valence-electron chi connectivity index (χ3n) is 3.05. The summed E-state index contributed by atoms with van der Waals surface area (Å²) in [6.45, 7) is 1.05. The van der Waals surface area contributed by atoms with E-state index in [-0.39, 0.29) is 22.1 Å². The second kappa shape index (κ2) is 7.55. The fourth-order valence-corrected chi connectivity index (χ4v) is 2.88. The van der Waals surface area contributed by atoms with E-state index in [4.69, 9.17) is 26.2 Å². The van der Waals surface area contributed by atoms with Crippen LogP contribution < -0.4 is 9.47 Å². The van der Waals surface area contributed by atoms with Crippen molar-refractivity contribution in [3.8, 4) is 17.2 Å². The first-order valence-corrected chi connectivity index (χ1v) is 8.99. The fraction of sp³-hybridized carbons (Fsp3) is 0.188. The van der Waals surface area contributed by atoms with Gasteiger partial charge >= 0.3 is 5.97 Å². The minimum Gasteiger partial charge on any atom is -0.479 e. The van der Waals surface area contributed by atoms with Gasteiger partial charge in [-0.15, -0.1) is 0 Å². The largest absolute Gasteiger partial charge is 0.479 e. The molecule has 2 aromatic carbocycles. The summed E-state index contributed by atoms with van der Waals surface area (Å²) < 4.78 is 34.3. The van der Waals surface area contributed by atoms with Crippen LogP contribution in [0.2, 0.25) is 5.02 Å². The van der Waals surface area contributed by atoms with E-state index in [2.05, 4.69) is 0 Å². The van der Waals surface area contributed by atoms with Gasteiger partial charge in [0.1, 0.15) is 5.75 Å². The Bertz CT molecular complexity index is 830. The molecule has 0 bridgehead atoms. The minimum atomic E-state index is -3.29.